The van der Waals surface area contributed by atoms with Gasteiger partial charge in [0.25, 0.3) is 5.91 Å². The highest BCUT2D eigenvalue weighted by atomic mass is 16.2. The number of amides is 3. The third-order valence-corrected chi connectivity index (χ3v) is 7.62. The Labute approximate surface area is 210 Å². The quantitative estimate of drug-likeness (QED) is 0.358. The molecule has 0 radical (unpaired) electrons. The maximum absolute atomic E-state index is 13.2. The Bertz CT molecular complexity index is 828. The van der Waals surface area contributed by atoms with Crippen LogP contribution in [0.5, 0.6) is 0 Å². The molecule has 1 saturated carbocycles. The predicted octanol–water partition coefficient (Wildman–Crippen LogP) is -0.322. The normalized spacial score (nSPS) is 19.5. The van der Waals surface area contributed by atoms with Gasteiger partial charge in [0.1, 0.15) is 6.04 Å². The lowest BCUT2D eigenvalue weighted by Crippen LogP contribution is -3.12. The molecule has 1 aliphatic heterocycles. The summed E-state index contributed by atoms with van der Waals surface area (Å²) in [6.07, 6.45) is 7.93. The lowest BCUT2D eigenvalue weighted by Gasteiger charge is -2.33. The van der Waals surface area contributed by atoms with E-state index in [9.17, 15) is 14.4 Å². The van der Waals surface area contributed by atoms with Gasteiger partial charge in [0.15, 0.2) is 6.04 Å². The summed E-state index contributed by atoms with van der Waals surface area (Å²) in [5.74, 6) is 0.298. The third kappa shape index (κ3) is 8.32. The minimum atomic E-state index is -0.557. The van der Waals surface area contributed by atoms with Crippen molar-refractivity contribution in [2.75, 3.05) is 33.2 Å². The Morgan fingerprint density at radius 3 is 2.23 bits per heavy atom. The van der Waals surface area contributed by atoms with Crippen LogP contribution in [0.25, 0.3) is 0 Å². The second kappa shape index (κ2) is 13.6. The van der Waals surface area contributed by atoms with Crippen LogP contribution in [0.2, 0.25) is 0 Å². The maximum atomic E-state index is 13.2. The van der Waals surface area contributed by atoms with E-state index >= 15 is 0 Å². The van der Waals surface area contributed by atoms with Crippen molar-refractivity contribution in [1.82, 2.24) is 15.5 Å². The molecule has 8 heteroatoms. The zero-order chi connectivity index (χ0) is 25.2. The van der Waals surface area contributed by atoms with Crippen LogP contribution >= 0.6 is 0 Å². The summed E-state index contributed by atoms with van der Waals surface area (Å²) in [5, 5.41) is 5.98. The molecule has 6 N–H and O–H groups in total. The summed E-state index contributed by atoms with van der Waals surface area (Å²) in [5.41, 5.74) is 6.17. The van der Waals surface area contributed by atoms with Gasteiger partial charge in [-0.15, -0.1) is 0 Å². The van der Waals surface area contributed by atoms with E-state index < -0.39 is 6.04 Å². The van der Waals surface area contributed by atoms with E-state index in [-0.39, 0.29) is 23.8 Å². The van der Waals surface area contributed by atoms with Crippen LogP contribution in [-0.2, 0) is 27.3 Å². The Morgan fingerprint density at radius 1 is 1.03 bits per heavy atom. The van der Waals surface area contributed by atoms with Gasteiger partial charge in [-0.25, -0.2) is 0 Å². The highest BCUT2D eigenvalue weighted by Crippen LogP contribution is 2.24. The molecule has 0 unspecified atom stereocenters. The number of hydrogen-bond acceptors (Lipinski definition) is 3. The number of rotatable bonds is 9. The predicted molar refractivity (Wildman–Crippen MR) is 135 cm³/mol. The number of likely N-dealkylation sites (N-methyl/N-ethyl adjacent to an activating group) is 1. The van der Waals surface area contributed by atoms with E-state index in [2.05, 4.69) is 23.4 Å². The average Bonchev–Trinajstić information content (AvgIpc) is 3.17. The molecule has 1 saturated heterocycles. The van der Waals surface area contributed by atoms with Crippen LogP contribution in [-0.4, -0.2) is 67.9 Å². The first-order chi connectivity index (χ1) is 16.9. The van der Waals surface area contributed by atoms with Gasteiger partial charge >= 0.3 is 0 Å². The molecule has 2 fully saturated rings. The van der Waals surface area contributed by atoms with Gasteiger partial charge in [0.05, 0.1) is 33.2 Å². The Hall–Kier alpha value is -2.45. The van der Waals surface area contributed by atoms with Crippen molar-refractivity contribution in [1.29, 1.82) is 0 Å². The molecule has 2 atom stereocenters. The molecule has 3 rings (SSSR count). The van der Waals surface area contributed by atoms with E-state index in [4.69, 9.17) is 0 Å². The molecule has 0 bridgehead atoms. The Morgan fingerprint density at radius 2 is 1.63 bits per heavy atom. The number of carbonyl (C=O) groups is 3. The average molecular weight is 488 g/mol. The smallest absolute Gasteiger partial charge is 0.278 e. The fraction of sp³-hybridized carbons (Fsp3) is 0.667. The van der Waals surface area contributed by atoms with Crippen molar-refractivity contribution in [2.24, 2.45) is 5.92 Å². The minimum absolute atomic E-state index is 0.00404. The Balaban J connectivity index is 1.54. The monoisotopic (exact) mass is 487 g/mol. The molecule has 1 heterocycles. The maximum Gasteiger partial charge on any atom is 0.278 e. The standard InChI is InChI=1S/C27H43N5O3/c1-3-24(33)30-23(27(35)32-16-14-31(2)15-17-32)18-20-10-12-21(13-11-20)19-29-26(34)25(28)22-8-6-4-5-7-9-22/h10-13,22-23,25H,3-9,14-19,28H2,1-2H3,(H,29,34)(H,30,33)/p+2/t23-,25+/m1/s1. The second-order valence-electron chi connectivity index (χ2n) is 10.4. The third-order valence-electron chi connectivity index (χ3n) is 7.62. The van der Waals surface area contributed by atoms with E-state index in [1.54, 1.807) is 6.92 Å². The van der Waals surface area contributed by atoms with Crippen molar-refractivity contribution in [2.45, 2.75) is 76.9 Å². The minimum Gasteiger partial charge on any atom is -0.347 e. The Kier molecular flexibility index (Phi) is 10.5. The number of benzene rings is 1. The van der Waals surface area contributed by atoms with Crippen LogP contribution in [0.3, 0.4) is 0 Å². The van der Waals surface area contributed by atoms with Gasteiger partial charge in [-0.1, -0.05) is 56.9 Å². The molecule has 35 heavy (non-hydrogen) atoms. The van der Waals surface area contributed by atoms with Gasteiger partial charge < -0.3 is 26.2 Å². The molecule has 0 aromatic heterocycles. The number of quaternary nitrogens is 2. The molecule has 2 aliphatic rings. The fourth-order valence-electron chi connectivity index (χ4n) is 5.10. The lowest BCUT2D eigenvalue weighted by molar-refractivity contribution is -0.883. The van der Waals surface area contributed by atoms with E-state index in [1.807, 2.05) is 29.2 Å². The lowest BCUT2D eigenvalue weighted by atomic mass is 9.92. The molecule has 3 amide bonds. The van der Waals surface area contributed by atoms with Gasteiger partial charge in [-0.2, -0.15) is 0 Å². The number of nitrogens with zero attached hydrogens (tertiary/aromatic N) is 1. The van der Waals surface area contributed by atoms with E-state index in [0.717, 1.165) is 50.1 Å². The summed E-state index contributed by atoms with van der Waals surface area (Å²) in [6.45, 7) is 5.55. The van der Waals surface area contributed by atoms with Gasteiger partial charge in [-0.3, -0.25) is 14.4 Å². The van der Waals surface area contributed by atoms with Crippen molar-refractivity contribution in [3.63, 3.8) is 0 Å². The molecular formula is C27H45N5O3+2. The first-order valence-electron chi connectivity index (χ1n) is 13.5. The van der Waals surface area contributed by atoms with Crippen LogP contribution in [0, 0.1) is 5.92 Å². The molecule has 1 aromatic carbocycles. The first kappa shape index (κ1) is 27.1. The second-order valence-corrected chi connectivity index (χ2v) is 10.4. The topological polar surface area (TPSA) is 111 Å². The summed E-state index contributed by atoms with van der Waals surface area (Å²) in [7, 11) is 2.14. The summed E-state index contributed by atoms with van der Waals surface area (Å²) < 4.78 is 0. The largest absolute Gasteiger partial charge is 0.347 e. The van der Waals surface area contributed by atoms with Gasteiger partial charge in [0, 0.05) is 25.3 Å². The van der Waals surface area contributed by atoms with Crippen LogP contribution in [0.4, 0.5) is 0 Å². The van der Waals surface area contributed by atoms with Crippen molar-refractivity contribution in [3.8, 4) is 0 Å². The molecule has 1 aromatic rings. The number of piperazine rings is 1. The number of carbonyl (C=O) groups excluding carboxylic acids is 3. The first-order valence-corrected chi connectivity index (χ1v) is 13.5. The van der Waals surface area contributed by atoms with Crippen LogP contribution < -0.4 is 21.3 Å². The molecule has 1 aliphatic carbocycles. The van der Waals surface area contributed by atoms with Crippen molar-refractivity contribution >= 4 is 17.7 Å². The van der Waals surface area contributed by atoms with E-state index in [1.165, 1.54) is 30.6 Å². The molecule has 8 nitrogen and oxygen atoms in total. The SMILES string of the molecule is CCC(=O)N[C@H](Cc1ccc(CNC(=O)[C@@H]([NH3+])C2CCCCCC2)cc1)C(=O)N1CC[NH+](C)CC1. The van der Waals surface area contributed by atoms with Gasteiger partial charge in [-0.05, 0) is 24.0 Å². The summed E-state index contributed by atoms with van der Waals surface area (Å²) >= 11 is 0. The van der Waals surface area contributed by atoms with Crippen LogP contribution in [0.15, 0.2) is 24.3 Å². The molecule has 0 spiro atoms. The summed E-state index contributed by atoms with van der Waals surface area (Å²) in [4.78, 5) is 41.2. The van der Waals surface area contributed by atoms with Gasteiger partial charge in [0.2, 0.25) is 11.8 Å². The van der Waals surface area contributed by atoms with Crippen molar-refractivity contribution < 1.29 is 25.0 Å². The summed E-state index contributed by atoms with van der Waals surface area (Å²) in [6, 6.07) is 7.20. The number of hydrogen-bond donors (Lipinski definition) is 4. The highest BCUT2D eigenvalue weighted by molar-refractivity contribution is 5.88. The highest BCUT2D eigenvalue weighted by Gasteiger charge is 2.30. The zero-order valence-corrected chi connectivity index (χ0v) is 21.6. The molecular weight excluding hydrogens is 442 g/mol. The van der Waals surface area contributed by atoms with Crippen LogP contribution in [0.1, 0.15) is 63.0 Å². The van der Waals surface area contributed by atoms with E-state index in [0.29, 0.717) is 25.3 Å². The zero-order valence-electron chi connectivity index (χ0n) is 21.6. The van der Waals surface area contributed by atoms with Crippen molar-refractivity contribution in [3.05, 3.63) is 35.4 Å². The molecule has 194 valence electrons. The number of nitrogens with one attached hydrogen (secondary N) is 3. The fourth-order valence-corrected chi connectivity index (χ4v) is 5.10.